The molecule has 0 heterocycles. The summed E-state index contributed by atoms with van der Waals surface area (Å²) >= 11 is 0. The smallest absolute Gasteiger partial charge is 0.128 e. The molecule has 0 unspecified atom stereocenters. The average molecular weight is 288 g/mol. The quantitative estimate of drug-likeness (QED) is 0.875. The van der Waals surface area contributed by atoms with Crippen LogP contribution in [0.4, 0.5) is 8.78 Å². The van der Waals surface area contributed by atoms with Gasteiger partial charge in [0.15, 0.2) is 0 Å². The maximum absolute atomic E-state index is 13.5. The first-order valence-corrected chi connectivity index (χ1v) is 6.45. The normalized spacial score (nSPS) is 9.86. The van der Waals surface area contributed by atoms with Crippen molar-refractivity contribution in [3.05, 3.63) is 65.2 Å². The fourth-order valence-corrected chi connectivity index (χ4v) is 1.73. The van der Waals surface area contributed by atoms with E-state index in [4.69, 9.17) is 9.84 Å². The second-order valence-electron chi connectivity index (χ2n) is 4.37. The number of halogens is 2. The lowest BCUT2D eigenvalue weighted by atomic mass is 10.2. The predicted octanol–water partition coefficient (Wildman–Crippen LogP) is 3.28. The molecule has 2 nitrogen and oxygen atoms in total. The Hall–Kier alpha value is -2.38. The third kappa shape index (κ3) is 4.90. The summed E-state index contributed by atoms with van der Waals surface area (Å²) in [5.74, 6) is 4.99. The summed E-state index contributed by atoms with van der Waals surface area (Å²) in [7, 11) is 0. The minimum absolute atomic E-state index is 0.0365. The maximum Gasteiger partial charge on any atom is 0.128 e. The highest BCUT2D eigenvalue weighted by molar-refractivity contribution is 5.40. The van der Waals surface area contributed by atoms with Gasteiger partial charge < -0.3 is 9.84 Å². The van der Waals surface area contributed by atoms with E-state index in [9.17, 15) is 8.78 Å². The van der Waals surface area contributed by atoms with E-state index in [0.717, 1.165) is 0 Å². The number of benzene rings is 2. The molecule has 0 amide bonds. The molecular weight excluding hydrogens is 274 g/mol. The largest absolute Gasteiger partial charge is 0.489 e. The van der Waals surface area contributed by atoms with Crippen LogP contribution in [0.1, 0.15) is 17.5 Å². The predicted molar refractivity (Wildman–Crippen MR) is 75.7 cm³/mol. The van der Waals surface area contributed by atoms with E-state index in [0.29, 0.717) is 23.3 Å². The molecule has 0 bridgehead atoms. The molecule has 0 aromatic heterocycles. The van der Waals surface area contributed by atoms with Crippen molar-refractivity contribution in [2.24, 2.45) is 0 Å². The molecule has 108 valence electrons. The van der Waals surface area contributed by atoms with Crippen molar-refractivity contribution >= 4 is 0 Å². The molecule has 0 radical (unpaired) electrons. The molecule has 0 saturated carbocycles. The van der Waals surface area contributed by atoms with Gasteiger partial charge in [-0.25, -0.2) is 8.78 Å². The standard InChI is InChI=1S/C17H14F2O2/c18-15-6-3-5-14(9-15)12-21-17-10-13(4-1-2-7-20)8-16(19)11-17/h3,5-6,8-11,20H,2,7,12H2. The van der Waals surface area contributed by atoms with Crippen molar-refractivity contribution < 1.29 is 18.6 Å². The van der Waals surface area contributed by atoms with Crippen molar-refractivity contribution in [1.82, 2.24) is 0 Å². The van der Waals surface area contributed by atoms with E-state index in [2.05, 4.69) is 11.8 Å². The molecule has 1 N–H and O–H groups in total. The fourth-order valence-electron chi connectivity index (χ4n) is 1.73. The first kappa shape index (κ1) is 15.0. The minimum atomic E-state index is -0.458. The van der Waals surface area contributed by atoms with E-state index in [1.54, 1.807) is 18.2 Å². The third-order valence-corrected chi connectivity index (χ3v) is 2.64. The van der Waals surface area contributed by atoms with E-state index >= 15 is 0 Å². The van der Waals surface area contributed by atoms with Gasteiger partial charge in [0.25, 0.3) is 0 Å². The van der Waals surface area contributed by atoms with Gasteiger partial charge in [0.2, 0.25) is 0 Å². The van der Waals surface area contributed by atoms with Crippen molar-refractivity contribution in [3.8, 4) is 17.6 Å². The van der Waals surface area contributed by atoms with Crippen molar-refractivity contribution in [2.45, 2.75) is 13.0 Å². The van der Waals surface area contributed by atoms with Gasteiger partial charge in [-0.15, -0.1) is 0 Å². The Morgan fingerprint density at radius 2 is 1.90 bits per heavy atom. The van der Waals surface area contributed by atoms with Crippen molar-refractivity contribution in [2.75, 3.05) is 6.61 Å². The van der Waals surface area contributed by atoms with E-state index in [-0.39, 0.29) is 19.0 Å². The summed E-state index contributed by atoms with van der Waals surface area (Å²) in [5.41, 5.74) is 1.13. The SMILES string of the molecule is OCCC#Cc1cc(F)cc(OCc2cccc(F)c2)c1. The molecule has 0 aliphatic rings. The zero-order chi connectivity index (χ0) is 15.1. The Balaban J connectivity index is 2.08. The topological polar surface area (TPSA) is 29.5 Å². The number of aliphatic hydroxyl groups is 1. The number of ether oxygens (including phenoxy) is 1. The summed E-state index contributed by atoms with van der Waals surface area (Å²) in [5, 5.41) is 8.65. The molecule has 2 aromatic rings. The number of hydrogen-bond donors (Lipinski definition) is 1. The van der Waals surface area contributed by atoms with Crippen molar-refractivity contribution in [1.29, 1.82) is 0 Å². The number of rotatable bonds is 4. The van der Waals surface area contributed by atoms with Crippen LogP contribution >= 0.6 is 0 Å². The fraction of sp³-hybridized carbons (Fsp3) is 0.176. The molecule has 21 heavy (non-hydrogen) atoms. The van der Waals surface area contributed by atoms with Gasteiger partial charge in [-0.3, -0.25) is 0 Å². The highest BCUT2D eigenvalue weighted by Gasteiger charge is 2.02. The lowest BCUT2D eigenvalue weighted by molar-refractivity contribution is 0.304. The summed E-state index contributed by atoms with van der Waals surface area (Å²) in [6.07, 6.45) is 0.329. The molecule has 0 aliphatic carbocycles. The van der Waals surface area contributed by atoms with Gasteiger partial charge in [0.1, 0.15) is 24.0 Å². The van der Waals surface area contributed by atoms with Gasteiger partial charge >= 0.3 is 0 Å². The van der Waals surface area contributed by atoms with Crippen LogP contribution in [0.3, 0.4) is 0 Å². The van der Waals surface area contributed by atoms with Crippen LogP contribution in [0.25, 0.3) is 0 Å². The maximum atomic E-state index is 13.5. The minimum Gasteiger partial charge on any atom is -0.489 e. The van der Waals surface area contributed by atoms with Gasteiger partial charge in [0.05, 0.1) is 6.61 Å². The Labute approximate surface area is 122 Å². The lowest BCUT2D eigenvalue weighted by Crippen LogP contribution is -1.97. The highest BCUT2D eigenvalue weighted by Crippen LogP contribution is 2.17. The van der Waals surface area contributed by atoms with Crippen LogP contribution in [-0.4, -0.2) is 11.7 Å². The zero-order valence-electron chi connectivity index (χ0n) is 11.3. The molecule has 0 fully saturated rings. The summed E-state index contributed by atoms with van der Waals surface area (Å²) in [4.78, 5) is 0. The van der Waals surface area contributed by atoms with Crippen molar-refractivity contribution in [3.63, 3.8) is 0 Å². The second-order valence-corrected chi connectivity index (χ2v) is 4.37. The third-order valence-electron chi connectivity index (χ3n) is 2.64. The van der Waals surface area contributed by atoms with Crippen LogP contribution in [0.5, 0.6) is 5.75 Å². The van der Waals surface area contributed by atoms with Gasteiger partial charge in [-0.2, -0.15) is 0 Å². The van der Waals surface area contributed by atoms with E-state index in [1.807, 2.05) is 0 Å². The Kier molecular flexibility index (Phi) is 5.30. The molecular formula is C17H14F2O2. The van der Waals surface area contributed by atoms with Gasteiger partial charge in [0, 0.05) is 18.1 Å². The molecule has 0 spiro atoms. The lowest BCUT2D eigenvalue weighted by Gasteiger charge is -2.07. The average Bonchev–Trinajstić information content (AvgIpc) is 2.45. The first-order chi connectivity index (χ1) is 10.2. The monoisotopic (exact) mass is 288 g/mol. The zero-order valence-corrected chi connectivity index (χ0v) is 11.3. The van der Waals surface area contributed by atoms with E-state index < -0.39 is 5.82 Å². The van der Waals surface area contributed by atoms with Crippen LogP contribution in [0.15, 0.2) is 42.5 Å². The molecule has 2 aromatic carbocycles. The number of hydrogen-bond acceptors (Lipinski definition) is 2. The second kappa shape index (κ2) is 7.41. The Morgan fingerprint density at radius 3 is 2.67 bits per heavy atom. The molecule has 0 aliphatic heterocycles. The molecule has 0 saturated heterocycles. The van der Waals surface area contributed by atoms with Crippen LogP contribution in [0, 0.1) is 23.5 Å². The molecule has 2 rings (SSSR count). The number of aliphatic hydroxyl groups excluding tert-OH is 1. The van der Waals surface area contributed by atoms with Crippen LogP contribution < -0.4 is 4.74 Å². The Bertz CT molecular complexity index is 672. The summed E-state index contributed by atoms with van der Waals surface area (Å²) in [6, 6.07) is 10.2. The Morgan fingerprint density at radius 1 is 1.05 bits per heavy atom. The van der Waals surface area contributed by atoms with Gasteiger partial charge in [-0.1, -0.05) is 24.0 Å². The van der Waals surface area contributed by atoms with Gasteiger partial charge in [-0.05, 0) is 29.8 Å². The molecule has 4 heteroatoms. The van der Waals surface area contributed by atoms with Crippen LogP contribution in [0.2, 0.25) is 0 Å². The summed E-state index contributed by atoms with van der Waals surface area (Å²) in [6.45, 7) is 0.107. The highest BCUT2D eigenvalue weighted by atomic mass is 19.1. The summed E-state index contributed by atoms with van der Waals surface area (Å²) < 4.78 is 32.0. The first-order valence-electron chi connectivity index (χ1n) is 6.45. The van der Waals surface area contributed by atoms with Crippen LogP contribution in [-0.2, 0) is 6.61 Å². The van der Waals surface area contributed by atoms with E-state index in [1.165, 1.54) is 24.3 Å². The molecule has 0 atom stereocenters.